The molecule has 1 rings (SSSR count). The van der Waals surface area contributed by atoms with Crippen LogP contribution in [0.3, 0.4) is 0 Å². The zero-order chi connectivity index (χ0) is 10.1. The summed E-state index contributed by atoms with van der Waals surface area (Å²) in [5, 5.41) is 0. The van der Waals surface area contributed by atoms with Gasteiger partial charge in [0.1, 0.15) is 0 Å². The SMILES string of the molecule is CC(C)N1CCCC(C(C)(C)C)C1. The van der Waals surface area contributed by atoms with Gasteiger partial charge in [-0.25, -0.2) is 0 Å². The van der Waals surface area contributed by atoms with Gasteiger partial charge in [-0.15, -0.1) is 0 Å². The molecular formula is C12H25N. The van der Waals surface area contributed by atoms with E-state index in [0.717, 1.165) is 12.0 Å². The summed E-state index contributed by atoms with van der Waals surface area (Å²) in [4.78, 5) is 2.62. The molecule has 0 amide bonds. The first kappa shape index (κ1) is 11.0. The minimum atomic E-state index is 0.494. The van der Waals surface area contributed by atoms with Crippen LogP contribution in [-0.4, -0.2) is 24.0 Å². The highest BCUT2D eigenvalue weighted by Gasteiger charge is 2.30. The number of hydrogen-bond acceptors (Lipinski definition) is 1. The summed E-state index contributed by atoms with van der Waals surface area (Å²) >= 11 is 0. The Bertz CT molecular complexity index is 155. The Morgan fingerprint density at radius 3 is 2.31 bits per heavy atom. The molecule has 1 heterocycles. The van der Waals surface area contributed by atoms with Crippen molar-refractivity contribution in [2.45, 2.75) is 53.5 Å². The van der Waals surface area contributed by atoms with Gasteiger partial charge in [0.15, 0.2) is 0 Å². The topological polar surface area (TPSA) is 3.24 Å². The largest absolute Gasteiger partial charge is 0.301 e. The monoisotopic (exact) mass is 183 g/mol. The fraction of sp³-hybridized carbons (Fsp3) is 1.00. The van der Waals surface area contributed by atoms with E-state index in [1.165, 1.54) is 25.9 Å². The molecule has 0 aromatic carbocycles. The summed E-state index contributed by atoms with van der Waals surface area (Å²) in [5.41, 5.74) is 0.494. The molecule has 0 aromatic heterocycles. The number of hydrogen-bond donors (Lipinski definition) is 0. The van der Waals surface area contributed by atoms with Crippen LogP contribution < -0.4 is 0 Å². The zero-order valence-electron chi connectivity index (χ0n) is 9.93. The Hall–Kier alpha value is -0.0400. The van der Waals surface area contributed by atoms with Gasteiger partial charge in [0.25, 0.3) is 0 Å². The van der Waals surface area contributed by atoms with E-state index in [2.05, 4.69) is 39.5 Å². The van der Waals surface area contributed by atoms with Crippen molar-refractivity contribution in [2.75, 3.05) is 13.1 Å². The molecule has 1 unspecified atom stereocenters. The minimum Gasteiger partial charge on any atom is -0.301 e. The molecule has 0 aliphatic carbocycles. The molecule has 1 fully saturated rings. The Kier molecular flexibility index (Phi) is 3.39. The third-order valence-electron chi connectivity index (χ3n) is 3.41. The van der Waals surface area contributed by atoms with Crippen molar-refractivity contribution in [1.29, 1.82) is 0 Å². The molecule has 1 saturated heterocycles. The maximum atomic E-state index is 2.62. The molecule has 13 heavy (non-hydrogen) atoms. The summed E-state index contributed by atoms with van der Waals surface area (Å²) in [6.07, 6.45) is 2.81. The van der Waals surface area contributed by atoms with Gasteiger partial charge < -0.3 is 4.90 Å². The lowest BCUT2D eigenvalue weighted by molar-refractivity contribution is 0.0787. The molecule has 1 atom stereocenters. The molecule has 1 aliphatic heterocycles. The van der Waals surface area contributed by atoms with E-state index in [1.54, 1.807) is 0 Å². The van der Waals surface area contributed by atoms with Crippen LogP contribution >= 0.6 is 0 Å². The van der Waals surface area contributed by atoms with E-state index in [-0.39, 0.29) is 0 Å². The van der Waals surface area contributed by atoms with Crippen LogP contribution in [0.15, 0.2) is 0 Å². The number of nitrogens with zero attached hydrogens (tertiary/aromatic N) is 1. The predicted molar refractivity (Wildman–Crippen MR) is 58.9 cm³/mol. The molecule has 0 N–H and O–H groups in total. The van der Waals surface area contributed by atoms with Crippen LogP contribution in [0.25, 0.3) is 0 Å². The van der Waals surface area contributed by atoms with Crippen molar-refractivity contribution in [3.05, 3.63) is 0 Å². The molecule has 0 spiro atoms. The average molecular weight is 183 g/mol. The lowest BCUT2D eigenvalue weighted by atomic mass is 9.76. The van der Waals surface area contributed by atoms with Gasteiger partial charge in [-0.2, -0.15) is 0 Å². The van der Waals surface area contributed by atoms with Crippen molar-refractivity contribution in [1.82, 2.24) is 4.90 Å². The Morgan fingerprint density at radius 2 is 1.85 bits per heavy atom. The van der Waals surface area contributed by atoms with E-state index in [4.69, 9.17) is 0 Å². The van der Waals surface area contributed by atoms with Gasteiger partial charge >= 0.3 is 0 Å². The van der Waals surface area contributed by atoms with Gasteiger partial charge in [0.2, 0.25) is 0 Å². The van der Waals surface area contributed by atoms with E-state index in [1.807, 2.05) is 0 Å². The molecule has 1 aliphatic rings. The fourth-order valence-electron chi connectivity index (χ4n) is 2.18. The Morgan fingerprint density at radius 1 is 1.23 bits per heavy atom. The van der Waals surface area contributed by atoms with E-state index >= 15 is 0 Å². The normalized spacial score (nSPS) is 26.8. The van der Waals surface area contributed by atoms with Crippen LogP contribution in [-0.2, 0) is 0 Å². The first-order valence-electron chi connectivity index (χ1n) is 5.65. The molecular weight excluding hydrogens is 158 g/mol. The lowest BCUT2D eigenvalue weighted by Gasteiger charge is -2.41. The smallest absolute Gasteiger partial charge is 0.00387 e. The molecule has 0 bridgehead atoms. The second-order valence-electron chi connectivity index (χ2n) is 5.79. The third-order valence-corrected chi connectivity index (χ3v) is 3.41. The second kappa shape index (κ2) is 4.00. The summed E-state index contributed by atoms with van der Waals surface area (Å²) < 4.78 is 0. The first-order valence-corrected chi connectivity index (χ1v) is 5.65. The van der Waals surface area contributed by atoms with Gasteiger partial charge in [-0.05, 0) is 44.6 Å². The van der Waals surface area contributed by atoms with E-state index in [0.29, 0.717) is 5.41 Å². The average Bonchev–Trinajstić information content (AvgIpc) is 2.03. The van der Waals surface area contributed by atoms with Crippen LogP contribution in [0.2, 0.25) is 0 Å². The van der Waals surface area contributed by atoms with Crippen LogP contribution in [0.1, 0.15) is 47.5 Å². The first-order chi connectivity index (χ1) is 5.91. The predicted octanol–water partition coefficient (Wildman–Crippen LogP) is 3.15. The lowest BCUT2D eigenvalue weighted by Crippen LogP contribution is -2.43. The van der Waals surface area contributed by atoms with Crippen molar-refractivity contribution < 1.29 is 0 Å². The Labute approximate surface area is 83.5 Å². The summed E-state index contributed by atoms with van der Waals surface area (Å²) in [6, 6.07) is 0.727. The molecule has 0 saturated carbocycles. The number of rotatable bonds is 1. The molecule has 1 heteroatoms. The van der Waals surface area contributed by atoms with Crippen molar-refractivity contribution in [2.24, 2.45) is 11.3 Å². The van der Waals surface area contributed by atoms with Crippen LogP contribution in [0, 0.1) is 11.3 Å². The van der Waals surface area contributed by atoms with Gasteiger partial charge in [0, 0.05) is 12.6 Å². The van der Waals surface area contributed by atoms with Crippen LogP contribution in [0.4, 0.5) is 0 Å². The van der Waals surface area contributed by atoms with Crippen molar-refractivity contribution >= 4 is 0 Å². The van der Waals surface area contributed by atoms with Crippen molar-refractivity contribution in [3.8, 4) is 0 Å². The fourth-order valence-corrected chi connectivity index (χ4v) is 2.18. The summed E-state index contributed by atoms with van der Waals surface area (Å²) in [6.45, 7) is 14.4. The standard InChI is InChI=1S/C12H25N/c1-10(2)13-8-6-7-11(9-13)12(3,4)5/h10-11H,6-9H2,1-5H3. The van der Waals surface area contributed by atoms with Gasteiger partial charge in [-0.3, -0.25) is 0 Å². The number of piperidine rings is 1. The zero-order valence-corrected chi connectivity index (χ0v) is 9.93. The van der Waals surface area contributed by atoms with Crippen LogP contribution in [0.5, 0.6) is 0 Å². The number of likely N-dealkylation sites (tertiary alicyclic amines) is 1. The highest BCUT2D eigenvalue weighted by atomic mass is 15.2. The van der Waals surface area contributed by atoms with Gasteiger partial charge in [0.05, 0.1) is 0 Å². The summed E-state index contributed by atoms with van der Waals surface area (Å²) in [5.74, 6) is 0.892. The molecule has 0 radical (unpaired) electrons. The van der Waals surface area contributed by atoms with E-state index < -0.39 is 0 Å². The Balaban J connectivity index is 2.52. The maximum Gasteiger partial charge on any atom is 0.00387 e. The molecule has 1 nitrogen and oxygen atoms in total. The summed E-state index contributed by atoms with van der Waals surface area (Å²) in [7, 11) is 0. The highest BCUT2D eigenvalue weighted by molar-refractivity contribution is 4.82. The minimum absolute atomic E-state index is 0.494. The van der Waals surface area contributed by atoms with Gasteiger partial charge in [-0.1, -0.05) is 20.8 Å². The third kappa shape index (κ3) is 2.98. The maximum absolute atomic E-state index is 2.62. The quantitative estimate of drug-likeness (QED) is 0.603. The molecule has 0 aromatic rings. The second-order valence-corrected chi connectivity index (χ2v) is 5.79. The van der Waals surface area contributed by atoms with E-state index in [9.17, 15) is 0 Å². The van der Waals surface area contributed by atoms with Crippen molar-refractivity contribution in [3.63, 3.8) is 0 Å². The highest BCUT2D eigenvalue weighted by Crippen LogP contribution is 2.33. The molecule has 78 valence electrons.